The van der Waals surface area contributed by atoms with E-state index in [-0.39, 0.29) is 5.60 Å². The number of hydrogen-bond donors (Lipinski definition) is 1. The molecule has 0 aromatic carbocycles. The van der Waals surface area contributed by atoms with E-state index in [0.717, 1.165) is 18.4 Å². The topological polar surface area (TPSA) is 35.2 Å². The van der Waals surface area contributed by atoms with Crippen molar-refractivity contribution in [2.24, 2.45) is 17.6 Å². The second-order valence-electron chi connectivity index (χ2n) is 5.90. The van der Waals surface area contributed by atoms with Gasteiger partial charge in [0.1, 0.15) is 0 Å². The largest absolute Gasteiger partial charge is 0.375 e. The molecule has 0 bridgehead atoms. The number of ether oxygens (including phenoxy) is 1. The molecule has 15 heavy (non-hydrogen) atoms. The van der Waals surface area contributed by atoms with Crippen molar-refractivity contribution in [3.05, 3.63) is 0 Å². The van der Waals surface area contributed by atoms with Gasteiger partial charge in [-0.1, -0.05) is 12.8 Å². The van der Waals surface area contributed by atoms with Crippen LogP contribution < -0.4 is 5.73 Å². The molecule has 2 aliphatic carbocycles. The molecule has 2 N–H and O–H groups in total. The third-order valence-corrected chi connectivity index (χ3v) is 5.03. The lowest BCUT2D eigenvalue weighted by atomic mass is 9.66. The van der Waals surface area contributed by atoms with Crippen LogP contribution in [0, 0.1) is 11.8 Å². The number of rotatable bonds is 1. The van der Waals surface area contributed by atoms with Crippen LogP contribution in [0.4, 0.5) is 0 Å². The van der Waals surface area contributed by atoms with E-state index in [1.165, 1.54) is 51.4 Å². The van der Waals surface area contributed by atoms with Gasteiger partial charge in [-0.15, -0.1) is 0 Å². The molecule has 3 unspecified atom stereocenters. The van der Waals surface area contributed by atoms with Crippen molar-refractivity contribution in [2.75, 3.05) is 6.61 Å². The van der Waals surface area contributed by atoms with Crippen molar-refractivity contribution in [3.63, 3.8) is 0 Å². The van der Waals surface area contributed by atoms with Gasteiger partial charge in [0, 0.05) is 12.6 Å². The molecular weight excluding hydrogens is 186 g/mol. The van der Waals surface area contributed by atoms with Gasteiger partial charge >= 0.3 is 0 Å². The van der Waals surface area contributed by atoms with Crippen LogP contribution in [0.2, 0.25) is 0 Å². The molecule has 1 heterocycles. The van der Waals surface area contributed by atoms with Crippen molar-refractivity contribution in [3.8, 4) is 0 Å². The molecule has 3 aliphatic rings. The van der Waals surface area contributed by atoms with Gasteiger partial charge in [-0.2, -0.15) is 0 Å². The fraction of sp³-hybridized carbons (Fsp3) is 1.00. The third kappa shape index (κ3) is 1.72. The lowest BCUT2D eigenvalue weighted by Gasteiger charge is -2.46. The fourth-order valence-electron chi connectivity index (χ4n) is 3.94. The average Bonchev–Trinajstić information content (AvgIpc) is 2.64. The van der Waals surface area contributed by atoms with Crippen LogP contribution in [-0.4, -0.2) is 18.2 Å². The first-order valence-electron chi connectivity index (χ1n) is 6.69. The second kappa shape index (κ2) is 3.74. The maximum absolute atomic E-state index is 6.10. The van der Waals surface area contributed by atoms with Crippen molar-refractivity contribution in [1.82, 2.24) is 0 Å². The van der Waals surface area contributed by atoms with E-state index in [4.69, 9.17) is 10.5 Å². The quantitative estimate of drug-likeness (QED) is 0.720. The summed E-state index contributed by atoms with van der Waals surface area (Å²) in [5.41, 5.74) is 6.39. The zero-order valence-corrected chi connectivity index (χ0v) is 9.58. The van der Waals surface area contributed by atoms with E-state index < -0.39 is 0 Å². The second-order valence-corrected chi connectivity index (χ2v) is 5.90. The lowest BCUT2D eigenvalue weighted by molar-refractivity contribution is -0.109. The van der Waals surface area contributed by atoms with Crippen LogP contribution in [0.5, 0.6) is 0 Å². The highest BCUT2D eigenvalue weighted by Crippen LogP contribution is 2.47. The maximum atomic E-state index is 6.10. The molecule has 3 fully saturated rings. The van der Waals surface area contributed by atoms with E-state index in [0.29, 0.717) is 6.04 Å². The molecule has 2 saturated carbocycles. The summed E-state index contributed by atoms with van der Waals surface area (Å²) in [5.74, 6) is 1.70. The number of hydrogen-bond acceptors (Lipinski definition) is 2. The Bertz CT molecular complexity index is 235. The summed E-state index contributed by atoms with van der Waals surface area (Å²) >= 11 is 0. The Kier molecular flexibility index (Phi) is 2.52. The highest BCUT2D eigenvalue weighted by Gasteiger charge is 2.44. The fourth-order valence-corrected chi connectivity index (χ4v) is 3.94. The Morgan fingerprint density at radius 2 is 1.87 bits per heavy atom. The minimum atomic E-state index is 0.290. The lowest BCUT2D eigenvalue weighted by Crippen LogP contribution is -2.48. The molecule has 0 radical (unpaired) electrons. The summed E-state index contributed by atoms with van der Waals surface area (Å²) in [7, 11) is 0. The molecule has 2 heteroatoms. The van der Waals surface area contributed by atoms with Gasteiger partial charge in [0.25, 0.3) is 0 Å². The molecule has 0 amide bonds. The first-order valence-corrected chi connectivity index (χ1v) is 6.69. The summed E-state index contributed by atoms with van der Waals surface area (Å²) in [4.78, 5) is 0. The van der Waals surface area contributed by atoms with Crippen LogP contribution in [0.25, 0.3) is 0 Å². The zero-order valence-electron chi connectivity index (χ0n) is 9.58. The van der Waals surface area contributed by atoms with Crippen LogP contribution in [-0.2, 0) is 4.74 Å². The molecule has 86 valence electrons. The predicted octanol–water partition coefficient (Wildman–Crippen LogP) is 2.46. The molecule has 3 rings (SSSR count). The van der Waals surface area contributed by atoms with E-state index in [1.54, 1.807) is 0 Å². The third-order valence-electron chi connectivity index (χ3n) is 5.03. The summed E-state index contributed by atoms with van der Waals surface area (Å²) in [6.45, 7) is 0.994. The van der Waals surface area contributed by atoms with Gasteiger partial charge in [0.15, 0.2) is 0 Å². The average molecular weight is 209 g/mol. The summed E-state index contributed by atoms with van der Waals surface area (Å²) in [5, 5.41) is 0. The van der Waals surface area contributed by atoms with E-state index in [1.807, 2.05) is 0 Å². The molecule has 0 aromatic heterocycles. The van der Waals surface area contributed by atoms with E-state index >= 15 is 0 Å². The van der Waals surface area contributed by atoms with Crippen molar-refractivity contribution in [1.29, 1.82) is 0 Å². The minimum absolute atomic E-state index is 0.290. The SMILES string of the molecule is NC1CCC1C1CCOC2(CCCC2)C1. The monoisotopic (exact) mass is 209 g/mol. The van der Waals surface area contributed by atoms with E-state index in [9.17, 15) is 0 Å². The maximum Gasteiger partial charge on any atom is 0.0685 e. The van der Waals surface area contributed by atoms with Crippen molar-refractivity contribution >= 4 is 0 Å². The van der Waals surface area contributed by atoms with Crippen LogP contribution in [0.3, 0.4) is 0 Å². The summed E-state index contributed by atoms with van der Waals surface area (Å²) in [6.07, 6.45) is 10.6. The van der Waals surface area contributed by atoms with Gasteiger partial charge in [-0.05, 0) is 50.4 Å². The highest BCUT2D eigenvalue weighted by atomic mass is 16.5. The van der Waals surface area contributed by atoms with Crippen LogP contribution in [0.15, 0.2) is 0 Å². The van der Waals surface area contributed by atoms with Gasteiger partial charge in [0.05, 0.1) is 5.60 Å². The first kappa shape index (κ1) is 10.1. The smallest absolute Gasteiger partial charge is 0.0685 e. The molecule has 2 nitrogen and oxygen atoms in total. The summed E-state index contributed by atoms with van der Waals surface area (Å²) < 4.78 is 6.07. The summed E-state index contributed by atoms with van der Waals surface area (Å²) in [6, 6.07) is 0.506. The number of nitrogens with two attached hydrogens (primary N) is 1. The van der Waals surface area contributed by atoms with Gasteiger partial charge in [-0.25, -0.2) is 0 Å². The molecular formula is C13H23NO. The zero-order chi connectivity index (χ0) is 10.3. The Morgan fingerprint density at radius 1 is 1.07 bits per heavy atom. The standard InChI is InChI=1S/C13H23NO/c14-12-4-3-11(12)10-5-8-15-13(9-10)6-1-2-7-13/h10-12H,1-9,14H2. The normalized spacial score (nSPS) is 44.2. The minimum Gasteiger partial charge on any atom is -0.375 e. The first-order chi connectivity index (χ1) is 7.29. The molecule has 3 atom stereocenters. The van der Waals surface area contributed by atoms with Gasteiger partial charge in [0.2, 0.25) is 0 Å². The Morgan fingerprint density at radius 3 is 2.47 bits per heavy atom. The van der Waals surface area contributed by atoms with Crippen LogP contribution in [0.1, 0.15) is 51.4 Å². The Labute approximate surface area is 92.6 Å². The van der Waals surface area contributed by atoms with E-state index in [2.05, 4.69) is 0 Å². The highest BCUT2D eigenvalue weighted by molar-refractivity contribution is 4.97. The van der Waals surface area contributed by atoms with Crippen molar-refractivity contribution in [2.45, 2.75) is 63.0 Å². The Hall–Kier alpha value is -0.0800. The molecule has 1 saturated heterocycles. The predicted molar refractivity (Wildman–Crippen MR) is 60.6 cm³/mol. The van der Waals surface area contributed by atoms with Gasteiger partial charge in [-0.3, -0.25) is 0 Å². The molecule has 1 aliphatic heterocycles. The molecule has 1 spiro atoms. The Balaban J connectivity index is 1.65. The van der Waals surface area contributed by atoms with Gasteiger partial charge < -0.3 is 10.5 Å². The van der Waals surface area contributed by atoms with Crippen molar-refractivity contribution < 1.29 is 4.74 Å². The van der Waals surface area contributed by atoms with Crippen LogP contribution >= 0.6 is 0 Å². The molecule has 0 aromatic rings.